The first-order valence-corrected chi connectivity index (χ1v) is 6.34. The highest BCUT2D eigenvalue weighted by Gasteiger charge is 2.15. The fraction of sp³-hybridized carbons (Fsp3) is 0.500. The van der Waals surface area contributed by atoms with Crippen LogP contribution in [0.3, 0.4) is 0 Å². The van der Waals surface area contributed by atoms with Gasteiger partial charge in [0.05, 0.1) is 17.3 Å². The summed E-state index contributed by atoms with van der Waals surface area (Å²) in [5.41, 5.74) is 0.863. The highest BCUT2D eigenvalue weighted by atomic mass is 19.1. The van der Waals surface area contributed by atoms with Gasteiger partial charge in [-0.2, -0.15) is 5.26 Å². The van der Waals surface area contributed by atoms with E-state index in [-0.39, 0.29) is 5.82 Å². The Bertz CT molecular complexity index is 453. The molecule has 1 heterocycles. The number of nitrogens with one attached hydrogen (secondary N) is 1. The zero-order chi connectivity index (χ0) is 13.0. The first kappa shape index (κ1) is 12.8. The van der Waals surface area contributed by atoms with Crippen molar-refractivity contribution in [3.05, 3.63) is 29.6 Å². The van der Waals surface area contributed by atoms with Gasteiger partial charge in [-0.1, -0.05) is 0 Å². The Morgan fingerprint density at radius 3 is 2.94 bits per heavy atom. The van der Waals surface area contributed by atoms with Gasteiger partial charge >= 0.3 is 0 Å². The summed E-state index contributed by atoms with van der Waals surface area (Å²) in [4.78, 5) is 2.30. The lowest BCUT2D eigenvalue weighted by molar-refractivity contribution is 0.348. The van der Waals surface area contributed by atoms with Crippen LogP contribution in [0.15, 0.2) is 18.2 Å². The molecule has 0 aromatic heterocycles. The fourth-order valence-corrected chi connectivity index (χ4v) is 2.31. The van der Waals surface area contributed by atoms with Crippen molar-refractivity contribution in [1.29, 1.82) is 5.26 Å². The molecule has 1 fully saturated rings. The van der Waals surface area contributed by atoms with Crippen LogP contribution in [0.25, 0.3) is 0 Å². The third-order valence-corrected chi connectivity index (χ3v) is 3.41. The third-order valence-electron chi connectivity index (χ3n) is 3.41. The minimum Gasteiger partial charge on any atom is -0.380 e. The Morgan fingerprint density at radius 2 is 2.22 bits per heavy atom. The van der Waals surface area contributed by atoms with Gasteiger partial charge in [0.1, 0.15) is 5.82 Å². The lowest BCUT2D eigenvalue weighted by atomic mass is 10.1. The average Bonchev–Trinajstić information content (AvgIpc) is 2.57. The summed E-state index contributed by atoms with van der Waals surface area (Å²) >= 11 is 0. The molecule has 1 unspecified atom stereocenters. The van der Waals surface area contributed by atoms with Crippen molar-refractivity contribution in [2.75, 3.05) is 25.5 Å². The van der Waals surface area contributed by atoms with E-state index < -0.39 is 0 Å². The van der Waals surface area contributed by atoms with Gasteiger partial charge in [-0.05, 0) is 57.6 Å². The van der Waals surface area contributed by atoms with Gasteiger partial charge < -0.3 is 10.2 Å². The zero-order valence-electron chi connectivity index (χ0n) is 10.6. The molecule has 0 bridgehead atoms. The van der Waals surface area contributed by atoms with Gasteiger partial charge in [0.15, 0.2) is 0 Å². The number of nitriles is 1. The maximum Gasteiger partial charge on any atom is 0.147 e. The molecule has 1 atom stereocenters. The summed E-state index contributed by atoms with van der Waals surface area (Å²) in [6.45, 7) is 2.14. The Labute approximate surface area is 107 Å². The lowest BCUT2D eigenvalue weighted by Crippen LogP contribution is -2.23. The Morgan fingerprint density at radius 1 is 1.39 bits per heavy atom. The molecule has 1 aromatic rings. The summed E-state index contributed by atoms with van der Waals surface area (Å²) in [6, 6.07) is 6.84. The maximum atomic E-state index is 13.7. The van der Waals surface area contributed by atoms with E-state index in [4.69, 9.17) is 5.26 Å². The second kappa shape index (κ2) is 5.83. The molecule has 1 saturated heterocycles. The van der Waals surface area contributed by atoms with Crippen molar-refractivity contribution < 1.29 is 4.39 Å². The van der Waals surface area contributed by atoms with Crippen LogP contribution >= 0.6 is 0 Å². The van der Waals surface area contributed by atoms with Gasteiger partial charge in [-0.15, -0.1) is 0 Å². The minimum absolute atomic E-state index is 0.317. The van der Waals surface area contributed by atoms with Gasteiger partial charge in [0, 0.05) is 6.04 Å². The quantitative estimate of drug-likeness (QED) is 0.873. The molecular weight excluding hydrogens is 229 g/mol. The van der Waals surface area contributed by atoms with E-state index in [1.165, 1.54) is 6.07 Å². The van der Waals surface area contributed by atoms with Crippen molar-refractivity contribution in [2.24, 2.45) is 0 Å². The number of hydrogen-bond donors (Lipinski definition) is 1. The monoisotopic (exact) mass is 247 g/mol. The SMILES string of the molecule is CN1CCCC(Nc2ccc(C#N)cc2F)CC1. The van der Waals surface area contributed by atoms with Crippen molar-refractivity contribution in [2.45, 2.75) is 25.3 Å². The molecule has 96 valence electrons. The number of halogens is 1. The Kier molecular flexibility index (Phi) is 4.16. The predicted octanol–water partition coefficient (Wildman–Crippen LogP) is 2.59. The van der Waals surface area contributed by atoms with Crippen LogP contribution < -0.4 is 5.32 Å². The van der Waals surface area contributed by atoms with E-state index in [0.717, 1.165) is 32.4 Å². The Balaban J connectivity index is 2.03. The fourth-order valence-electron chi connectivity index (χ4n) is 2.31. The van der Waals surface area contributed by atoms with Gasteiger partial charge in [0.2, 0.25) is 0 Å². The largest absolute Gasteiger partial charge is 0.380 e. The molecule has 1 aliphatic rings. The number of rotatable bonds is 2. The summed E-state index contributed by atoms with van der Waals surface area (Å²) < 4.78 is 13.7. The summed E-state index contributed by atoms with van der Waals surface area (Å²) in [7, 11) is 2.12. The van der Waals surface area contributed by atoms with Gasteiger partial charge in [-0.3, -0.25) is 0 Å². The molecule has 18 heavy (non-hydrogen) atoms. The first-order valence-electron chi connectivity index (χ1n) is 6.34. The highest BCUT2D eigenvalue weighted by molar-refractivity contribution is 5.49. The zero-order valence-corrected chi connectivity index (χ0v) is 10.6. The summed E-state index contributed by atoms with van der Waals surface area (Å²) in [5, 5.41) is 11.9. The predicted molar refractivity (Wildman–Crippen MR) is 69.9 cm³/mol. The molecule has 0 aliphatic carbocycles. The molecule has 0 amide bonds. The van der Waals surface area contributed by atoms with E-state index in [2.05, 4.69) is 17.3 Å². The van der Waals surface area contributed by atoms with E-state index in [9.17, 15) is 4.39 Å². The molecule has 0 spiro atoms. The van der Waals surface area contributed by atoms with Crippen LogP contribution in [-0.2, 0) is 0 Å². The molecule has 4 heteroatoms. The van der Waals surface area contributed by atoms with Crippen LogP contribution in [0.2, 0.25) is 0 Å². The molecule has 0 radical (unpaired) electrons. The molecule has 3 nitrogen and oxygen atoms in total. The van der Waals surface area contributed by atoms with Gasteiger partial charge in [0.25, 0.3) is 0 Å². The normalized spacial score (nSPS) is 21.1. The minimum atomic E-state index is -0.341. The highest BCUT2D eigenvalue weighted by Crippen LogP contribution is 2.20. The Hall–Kier alpha value is -1.60. The number of anilines is 1. The van der Waals surface area contributed by atoms with E-state index in [0.29, 0.717) is 17.3 Å². The second-order valence-electron chi connectivity index (χ2n) is 4.88. The second-order valence-corrected chi connectivity index (χ2v) is 4.88. The van der Waals surface area contributed by atoms with E-state index in [1.807, 2.05) is 6.07 Å². The number of likely N-dealkylation sites (tertiary alicyclic amines) is 1. The van der Waals surface area contributed by atoms with Crippen LogP contribution in [-0.4, -0.2) is 31.1 Å². The number of nitrogens with zero attached hydrogens (tertiary/aromatic N) is 2. The van der Waals surface area contributed by atoms with E-state index in [1.54, 1.807) is 12.1 Å². The molecular formula is C14H18FN3. The smallest absolute Gasteiger partial charge is 0.147 e. The van der Waals surface area contributed by atoms with E-state index >= 15 is 0 Å². The standard InChI is InChI=1S/C14H18FN3/c1-18-7-2-3-12(6-8-18)17-14-5-4-11(10-16)9-13(14)15/h4-5,9,12,17H,2-3,6-8H2,1H3. The number of hydrogen-bond acceptors (Lipinski definition) is 3. The van der Waals surface area contributed by atoms with Crippen LogP contribution in [0, 0.1) is 17.1 Å². The summed E-state index contributed by atoms with van der Waals surface area (Å²) in [6.07, 6.45) is 3.21. The third kappa shape index (κ3) is 3.21. The van der Waals surface area contributed by atoms with Crippen LogP contribution in [0.1, 0.15) is 24.8 Å². The van der Waals surface area contributed by atoms with Crippen LogP contribution in [0.4, 0.5) is 10.1 Å². The lowest BCUT2D eigenvalue weighted by Gasteiger charge is -2.18. The molecule has 0 saturated carbocycles. The average molecular weight is 247 g/mol. The van der Waals surface area contributed by atoms with Crippen molar-refractivity contribution >= 4 is 5.69 Å². The molecule has 1 aliphatic heterocycles. The topological polar surface area (TPSA) is 39.1 Å². The molecule has 1 N–H and O–H groups in total. The van der Waals surface area contributed by atoms with Crippen molar-refractivity contribution in [3.63, 3.8) is 0 Å². The van der Waals surface area contributed by atoms with Crippen molar-refractivity contribution in [1.82, 2.24) is 4.90 Å². The summed E-state index contributed by atoms with van der Waals surface area (Å²) in [5.74, 6) is -0.341. The maximum absolute atomic E-state index is 13.7. The molecule has 1 aromatic carbocycles. The number of benzene rings is 1. The molecule has 2 rings (SSSR count). The first-order chi connectivity index (χ1) is 8.69. The van der Waals surface area contributed by atoms with Crippen molar-refractivity contribution in [3.8, 4) is 6.07 Å². The van der Waals surface area contributed by atoms with Crippen LogP contribution in [0.5, 0.6) is 0 Å². The van der Waals surface area contributed by atoms with Gasteiger partial charge in [-0.25, -0.2) is 4.39 Å².